The second-order valence-corrected chi connectivity index (χ2v) is 4.74. The normalized spacial score (nSPS) is 25.9. The van der Waals surface area contributed by atoms with Crippen molar-refractivity contribution in [3.63, 3.8) is 0 Å². The van der Waals surface area contributed by atoms with Gasteiger partial charge in [0.15, 0.2) is 0 Å². The Hall–Kier alpha value is -1.30. The molecular formula is C11H19N3O3. The van der Waals surface area contributed by atoms with Crippen molar-refractivity contribution < 1.29 is 14.7 Å². The number of carbonyl (C=O) groups excluding carboxylic acids is 1. The summed E-state index contributed by atoms with van der Waals surface area (Å²) in [5, 5.41) is 14.3. The fourth-order valence-corrected chi connectivity index (χ4v) is 2.58. The first-order chi connectivity index (χ1) is 8.16. The SMILES string of the molecule is O=C(O)NC1CCN(C(=O)C2CCNCC2)C1. The fourth-order valence-electron chi connectivity index (χ4n) is 2.58. The molecule has 2 rings (SSSR count). The minimum Gasteiger partial charge on any atom is -0.465 e. The Morgan fingerprint density at radius 3 is 2.59 bits per heavy atom. The number of amides is 2. The summed E-state index contributed by atoms with van der Waals surface area (Å²) in [7, 11) is 0. The van der Waals surface area contributed by atoms with Gasteiger partial charge in [-0.25, -0.2) is 4.79 Å². The Morgan fingerprint density at radius 2 is 1.94 bits per heavy atom. The van der Waals surface area contributed by atoms with Crippen molar-refractivity contribution in [1.82, 2.24) is 15.5 Å². The van der Waals surface area contributed by atoms with Crippen LogP contribution in [0.5, 0.6) is 0 Å². The molecule has 3 N–H and O–H groups in total. The number of piperidine rings is 1. The van der Waals surface area contributed by atoms with Gasteiger partial charge in [0.25, 0.3) is 0 Å². The summed E-state index contributed by atoms with van der Waals surface area (Å²) in [5.74, 6) is 0.320. The van der Waals surface area contributed by atoms with Gasteiger partial charge in [0.05, 0.1) is 6.04 Å². The monoisotopic (exact) mass is 241 g/mol. The lowest BCUT2D eigenvalue weighted by molar-refractivity contribution is -0.135. The molecule has 2 fully saturated rings. The van der Waals surface area contributed by atoms with Gasteiger partial charge in [-0.15, -0.1) is 0 Å². The first-order valence-electron chi connectivity index (χ1n) is 6.16. The van der Waals surface area contributed by atoms with Gasteiger partial charge in [0.2, 0.25) is 5.91 Å². The number of carboxylic acid groups (broad SMARTS) is 1. The van der Waals surface area contributed by atoms with Crippen LogP contribution in [-0.4, -0.2) is 54.2 Å². The number of rotatable bonds is 2. The topological polar surface area (TPSA) is 81.7 Å². The molecule has 17 heavy (non-hydrogen) atoms. The van der Waals surface area contributed by atoms with Crippen molar-refractivity contribution in [3.05, 3.63) is 0 Å². The average molecular weight is 241 g/mol. The van der Waals surface area contributed by atoms with Crippen LogP contribution in [0.3, 0.4) is 0 Å². The highest BCUT2D eigenvalue weighted by Crippen LogP contribution is 2.19. The molecule has 2 aliphatic heterocycles. The summed E-state index contributed by atoms with van der Waals surface area (Å²) in [6.45, 7) is 3.00. The first-order valence-corrected chi connectivity index (χ1v) is 6.16. The van der Waals surface area contributed by atoms with Gasteiger partial charge in [0.1, 0.15) is 0 Å². The largest absolute Gasteiger partial charge is 0.465 e. The average Bonchev–Trinajstić information content (AvgIpc) is 2.77. The van der Waals surface area contributed by atoms with E-state index in [2.05, 4.69) is 10.6 Å². The van der Waals surface area contributed by atoms with E-state index in [1.165, 1.54) is 0 Å². The van der Waals surface area contributed by atoms with Gasteiger partial charge in [0, 0.05) is 19.0 Å². The van der Waals surface area contributed by atoms with E-state index in [-0.39, 0.29) is 17.9 Å². The lowest BCUT2D eigenvalue weighted by Gasteiger charge is -2.26. The van der Waals surface area contributed by atoms with Crippen LogP contribution >= 0.6 is 0 Å². The number of carbonyl (C=O) groups is 2. The number of hydrogen-bond acceptors (Lipinski definition) is 3. The molecule has 0 radical (unpaired) electrons. The molecule has 2 saturated heterocycles. The Balaban J connectivity index is 1.82. The summed E-state index contributed by atoms with van der Waals surface area (Å²) in [5.41, 5.74) is 0. The van der Waals surface area contributed by atoms with Crippen molar-refractivity contribution in [2.75, 3.05) is 26.2 Å². The molecule has 0 bridgehead atoms. The van der Waals surface area contributed by atoms with Crippen LogP contribution in [0.25, 0.3) is 0 Å². The fraction of sp³-hybridized carbons (Fsp3) is 0.818. The van der Waals surface area contributed by atoms with Crippen LogP contribution in [0.1, 0.15) is 19.3 Å². The molecule has 0 saturated carbocycles. The molecule has 2 aliphatic rings. The lowest BCUT2D eigenvalue weighted by atomic mass is 9.97. The minimum atomic E-state index is -1.01. The Labute approximate surface area is 100 Å². The van der Waals surface area contributed by atoms with Crippen LogP contribution < -0.4 is 10.6 Å². The number of likely N-dealkylation sites (tertiary alicyclic amines) is 1. The van der Waals surface area contributed by atoms with E-state index in [0.29, 0.717) is 13.1 Å². The number of hydrogen-bond donors (Lipinski definition) is 3. The Bertz CT molecular complexity index is 302. The molecule has 6 heteroatoms. The molecule has 96 valence electrons. The highest BCUT2D eigenvalue weighted by Gasteiger charge is 2.31. The van der Waals surface area contributed by atoms with Gasteiger partial charge in [-0.2, -0.15) is 0 Å². The molecule has 6 nitrogen and oxygen atoms in total. The van der Waals surface area contributed by atoms with Crippen molar-refractivity contribution in [2.45, 2.75) is 25.3 Å². The van der Waals surface area contributed by atoms with Crippen LogP contribution in [0.2, 0.25) is 0 Å². The van der Waals surface area contributed by atoms with Crippen LogP contribution in [0.4, 0.5) is 4.79 Å². The van der Waals surface area contributed by atoms with Crippen molar-refractivity contribution in [1.29, 1.82) is 0 Å². The Morgan fingerprint density at radius 1 is 1.24 bits per heavy atom. The highest BCUT2D eigenvalue weighted by atomic mass is 16.4. The highest BCUT2D eigenvalue weighted by molar-refractivity contribution is 5.79. The summed E-state index contributed by atoms with van der Waals surface area (Å²) < 4.78 is 0. The summed E-state index contributed by atoms with van der Waals surface area (Å²) in [4.78, 5) is 24.5. The third-order valence-electron chi connectivity index (χ3n) is 3.52. The van der Waals surface area contributed by atoms with Gasteiger partial charge < -0.3 is 20.6 Å². The number of nitrogens with one attached hydrogen (secondary N) is 2. The second kappa shape index (κ2) is 5.35. The zero-order valence-electron chi connectivity index (χ0n) is 9.82. The van der Waals surface area contributed by atoms with Crippen molar-refractivity contribution >= 4 is 12.0 Å². The minimum absolute atomic E-state index is 0.0989. The number of nitrogens with zero attached hydrogens (tertiary/aromatic N) is 1. The quantitative estimate of drug-likeness (QED) is 0.628. The Kier molecular flexibility index (Phi) is 3.83. The molecule has 0 aliphatic carbocycles. The van der Waals surface area contributed by atoms with Gasteiger partial charge in [-0.05, 0) is 32.4 Å². The van der Waals surface area contributed by atoms with Crippen LogP contribution in [-0.2, 0) is 4.79 Å². The maximum atomic E-state index is 12.2. The molecule has 2 heterocycles. The maximum absolute atomic E-state index is 12.2. The van der Waals surface area contributed by atoms with E-state index in [4.69, 9.17) is 5.11 Å². The van der Waals surface area contributed by atoms with Crippen molar-refractivity contribution in [2.24, 2.45) is 5.92 Å². The zero-order valence-corrected chi connectivity index (χ0v) is 9.82. The molecular weight excluding hydrogens is 222 g/mol. The van der Waals surface area contributed by atoms with E-state index in [0.717, 1.165) is 32.4 Å². The summed E-state index contributed by atoms with van der Waals surface area (Å²) >= 11 is 0. The second-order valence-electron chi connectivity index (χ2n) is 4.74. The van der Waals surface area contributed by atoms with E-state index in [9.17, 15) is 9.59 Å². The van der Waals surface area contributed by atoms with Gasteiger partial charge in [-0.1, -0.05) is 0 Å². The summed E-state index contributed by atoms with van der Waals surface area (Å²) in [6.07, 6.45) is 1.51. The van der Waals surface area contributed by atoms with E-state index >= 15 is 0 Å². The van der Waals surface area contributed by atoms with Gasteiger partial charge >= 0.3 is 6.09 Å². The predicted molar refractivity (Wildman–Crippen MR) is 61.7 cm³/mol. The molecule has 0 aromatic heterocycles. The van der Waals surface area contributed by atoms with Crippen LogP contribution in [0, 0.1) is 5.92 Å². The molecule has 2 amide bonds. The zero-order chi connectivity index (χ0) is 12.3. The van der Waals surface area contributed by atoms with Gasteiger partial charge in [-0.3, -0.25) is 4.79 Å². The predicted octanol–water partition coefficient (Wildman–Crippen LogP) is -0.145. The van der Waals surface area contributed by atoms with E-state index in [1.54, 1.807) is 4.90 Å². The third-order valence-corrected chi connectivity index (χ3v) is 3.52. The van der Waals surface area contributed by atoms with Crippen molar-refractivity contribution in [3.8, 4) is 0 Å². The van der Waals surface area contributed by atoms with E-state index < -0.39 is 6.09 Å². The molecule has 1 atom stereocenters. The first kappa shape index (κ1) is 12.2. The molecule has 0 aromatic carbocycles. The van der Waals surface area contributed by atoms with E-state index in [1.807, 2.05) is 0 Å². The molecule has 0 aromatic rings. The van der Waals surface area contributed by atoms with Crippen LogP contribution in [0.15, 0.2) is 0 Å². The standard InChI is InChI=1S/C11H19N3O3/c15-10(8-1-4-12-5-2-8)14-6-3-9(7-14)13-11(16)17/h8-9,12-13H,1-7H2,(H,16,17). The molecule has 0 spiro atoms. The smallest absolute Gasteiger partial charge is 0.404 e. The summed E-state index contributed by atoms with van der Waals surface area (Å²) in [6, 6.07) is -0.0989. The maximum Gasteiger partial charge on any atom is 0.404 e. The third kappa shape index (κ3) is 3.09. The lowest BCUT2D eigenvalue weighted by Crippen LogP contribution is -2.42. The molecule has 1 unspecified atom stereocenters.